The van der Waals surface area contributed by atoms with E-state index in [0.29, 0.717) is 32.3 Å². The third-order valence-corrected chi connectivity index (χ3v) is 5.70. The molecule has 0 aromatic heterocycles. The molecule has 2 N–H and O–H groups in total. The number of aryl methyl sites for hydroxylation is 1. The Morgan fingerprint density at radius 1 is 1.07 bits per heavy atom. The van der Waals surface area contributed by atoms with Crippen molar-refractivity contribution < 1.29 is 13.5 Å². The van der Waals surface area contributed by atoms with Crippen molar-refractivity contribution in [3.8, 4) is 0 Å². The van der Waals surface area contributed by atoms with Gasteiger partial charge in [-0.1, -0.05) is 18.2 Å². The number of halogens is 2. The summed E-state index contributed by atoms with van der Waals surface area (Å²) in [5.41, 5.74) is 2.86. The second-order valence-electron chi connectivity index (χ2n) is 7.58. The second-order valence-corrected chi connectivity index (χ2v) is 7.58. The fourth-order valence-electron chi connectivity index (χ4n) is 3.88. The molecule has 0 radical (unpaired) electrons. The van der Waals surface area contributed by atoms with Crippen LogP contribution < -0.4 is 10.6 Å². The molecule has 29 heavy (non-hydrogen) atoms. The van der Waals surface area contributed by atoms with E-state index in [4.69, 9.17) is 4.74 Å². The maximum Gasteiger partial charge on any atom is 0.191 e. The zero-order valence-corrected chi connectivity index (χ0v) is 17.1. The fourth-order valence-corrected chi connectivity index (χ4v) is 3.88. The van der Waals surface area contributed by atoms with Gasteiger partial charge in [-0.25, -0.2) is 8.78 Å². The summed E-state index contributed by atoms with van der Waals surface area (Å²) in [5.74, 6) is 0.272. The van der Waals surface area contributed by atoms with Gasteiger partial charge in [-0.2, -0.15) is 0 Å². The van der Waals surface area contributed by atoms with E-state index in [-0.39, 0.29) is 17.0 Å². The molecule has 1 heterocycles. The van der Waals surface area contributed by atoms with Gasteiger partial charge in [0.05, 0.1) is 0 Å². The molecule has 1 aliphatic heterocycles. The zero-order valence-electron chi connectivity index (χ0n) is 17.1. The van der Waals surface area contributed by atoms with E-state index in [1.54, 1.807) is 25.2 Å². The molecule has 4 nitrogen and oxygen atoms in total. The van der Waals surface area contributed by atoms with Gasteiger partial charge in [0.1, 0.15) is 11.6 Å². The van der Waals surface area contributed by atoms with E-state index < -0.39 is 0 Å². The quantitative estimate of drug-likeness (QED) is 0.573. The maximum atomic E-state index is 13.8. The van der Waals surface area contributed by atoms with Crippen LogP contribution in [-0.2, 0) is 16.6 Å². The summed E-state index contributed by atoms with van der Waals surface area (Å²) >= 11 is 0. The number of ether oxygens (including phenoxy) is 1. The van der Waals surface area contributed by atoms with Crippen LogP contribution in [0, 0.1) is 18.6 Å². The minimum Gasteiger partial charge on any atom is -0.381 e. The lowest BCUT2D eigenvalue weighted by atomic mass is 9.74. The molecule has 3 rings (SSSR count). The molecule has 2 aromatic carbocycles. The van der Waals surface area contributed by atoms with Crippen molar-refractivity contribution >= 4 is 5.96 Å². The highest BCUT2D eigenvalue weighted by Gasteiger charge is 2.34. The van der Waals surface area contributed by atoms with Crippen LogP contribution in [0.15, 0.2) is 47.5 Å². The average molecular weight is 402 g/mol. The second kappa shape index (κ2) is 9.83. The highest BCUT2D eigenvalue weighted by Crippen LogP contribution is 2.34. The standard InChI is InChI=1S/C23H29F2N3O/c1-17-14-21(25)7-6-18(17)8-11-27-22(26-2)28-16-23(9-12-29-13-10-23)19-4-3-5-20(24)15-19/h3-7,14-15H,8-13,16H2,1-2H3,(H2,26,27,28). The first-order valence-corrected chi connectivity index (χ1v) is 10.1. The lowest BCUT2D eigenvalue weighted by molar-refractivity contribution is 0.0513. The molecule has 156 valence electrons. The Bertz CT molecular complexity index is 848. The minimum atomic E-state index is -0.217. The van der Waals surface area contributed by atoms with Crippen LogP contribution in [0.1, 0.15) is 29.5 Å². The van der Waals surface area contributed by atoms with Gasteiger partial charge in [0.15, 0.2) is 5.96 Å². The van der Waals surface area contributed by atoms with Gasteiger partial charge in [0.2, 0.25) is 0 Å². The van der Waals surface area contributed by atoms with Crippen LogP contribution in [0.5, 0.6) is 0 Å². The van der Waals surface area contributed by atoms with Gasteiger partial charge >= 0.3 is 0 Å². The molecule has 0 bridgehead atoms. The van der Waals surface area contributed by atoms with Crippen molar-refractivity contribution in [1.82, 2.24) is 10.6 Å². The van der Waals surface area contributed by atoms with Crippen molar-refractivity contribution in [2.24, 2.45) is 4.99 Å². The molecule has 0 saturated carbocycles. The number of benzene rings is 2. The number of guanidine groups is 1. The van der Waals surface area contributed by atoms with Gasteiger partial charge in [-0.3, -0.25) is 4.99 Å². The van der Waals surface area contributed by atoms with E-state index in [0.717, 1.165) is 36.0 Å². The van der Waals surface area contributed by atoms with Crippen LogP contribution in [0.4, 0.5) is 8.78 Å². The largest absolute Gasteiger partial charge is 0.381 e. The summed E-state index contributed by atoms with van der Waals surface area (Å²) in [6.45, 7) is 4.57. The number of nitrogens with zero attached hydrogens (tertiary/aromatic N) is 1. The summed E-state index contributed by atoms with van der Waals surface area (Å²) in [5, 5.41) is 6.73. The number of rotatable bonds is 6. The van der Waals surface area contributed by atoms with Crippen LogP contribution in [0.25, 0.3) is 0 Å². The molecule has 1 aliphatic rings. The van der Waals surface area contributed by atoms with E-state index in [1.165, 1.54) is 12.1 Å². The van der Waals surface area contributed by atoms with Gasteiger partial charge in [0, 0.05) is 38.8 Å². The summed E-state index contributed by atoms with van der Waals surface area (Å²) in [7, 11) is 1.73. The van der Waals surface area contributed by atoms with Crippen LogP contribution in [0.3, 0.4) is 0 Å². The molecular formula is C23H29F2N3O. The molecule has 0 atom stereocenters. The lowest BCUT2D eigenvalue weighted by Gasteiger charge is -2.38. The predicted octanol–water partition coefficient (Wildman–Crippen LogP) is 3.73. The van der Waals surface area contributed by atoms with Crippen molar-refractivity contribution in [3.05, 3.63) is 70.8 Å². The molecule has 0 amide bonds. The highest BCUT2D eigenvalue weighted by molar-refractivity contribution is 5.79. The Hall–Kier alpha value is -2.47. The van der Waals surface area contributed by atoms with Gasteiger partial charge in [-0.15, -0.1) is 0 Å². The molecule has 0 aliphatic carbocycles. The van der Waals surface area contributed by atoms with E-state index in [2.05, 4.69) is 15.6 Å². The Balaban J connectivity index is 1.60. The SMILES string of the molecule is CN=C(NCCc1ccc(F)cc1C)NCC1(c2cccc(F)c2)CCOCC1. The van der Waals surface area contributed by atoms with Crippen molar-refractivity contribution in [1.29, 1.82) is 0 Å². The van der Waals surface area contributed by atoms with E-state index >= 15 is 0 Å². The van der Waals surface area contributed by atoms with Gasteiger partial charge in [0.25, 0.3) is 0 Å². The topological polar surface area (TPSA) is 45.7 Å². The lowest BCUT2D eigenvalue weighted by Crippen LogP contribution is -2.48. The Kier molecular flexibility index (Phi) is 7.20. The molecular weight excluding hydrogens is 372 g/mol. The molecule has 1 fully saturated rings. The van der Waals surface area contributed by atoms with Gasteiger partial charge < -0.3 is 15.4 Å². The number of hydrogen-bond donors (Lipinski definition) is 2. The average Bonchev–Trinajstić information content (AvgIpc) is 2.72. The van der Waals surface area contributed by atoms with E-state index in [1.807, 2.05) is 19.1 Å². The monoisotopic (exact) mass is 401 g/mol. The first-order chi connectivity index (χ1) is 14.0. The normalized spacial score (nSPS) is 16.5. The van der Waals surface area contributed by atoms with Crippen LogP contribution in [-0.4, -0.2) is 39.3 Å². The van der Waals surface area contributed by atoms with Crippen molar-refractivity contribution in [2.75, 3.05) is 33.4 Å². The summed E-state index contributed by atoms with van der Waals surface area (Å²) in [6.07, 6.45) is 2.43. The van der Waals surface area contributed by atoms with E-state index in [9.17, 15) is 8.78 Å². The molecule has 2 aromatic rings. The van der Waals surface area contributed by atoms with Crippen molar-refractivity contribution in [3.63, 3.8) is 0 Å². The molecule has 0 spiro atoms. The maximum absolute atomic E-state index is 13.8. The number of nitrogens with one attached hydrogen (secondary N) is 2. The minimum absolute atomic E-state index is 0.189. The number of aliphatic imine (C=N–C) groups is 1. The number of hydrogen-bond acceptors (Lipinski definition) is 2. The Labute approximate surface area is 171 Å². The molecule has 6 heteroatoms. The third kappa shape index (κ3) is 5.54. The zero-order chi connectivity index (χ0) is 20.7. The van der Waals surface area contributed by atoms with Gasteiger partial charge in [-0.05, 0) is 67.1 Å². The van der Waals surface area contributed by atoms with Crippen LogP contribution in [0.2, 0.25) is 0 Å². The molecule has 1 saturated heterocycles. The summed E-state index contributed by atoms with van der Waals surface area (Å²) in [4.78, 5) is 4.31. The smallest absolute Gasteiger partial charge is 0.191 e. The van der Waals surface area contributed by atoms with Crippen LogP contribution >= 0.6 is 0 Å². The molecule has 0 unspecified atom stereocenters. The Morgan fingerprint density at radius 2 is 1.83 bits per heavy atom. The first-order valence-electron chi connectivity index (χ1n) is 10.1. The summed E-state index contributed by atoms with van der Waals surface area (Å²) < 4.78 is 32.6. The summed E-state index contributed by atoms with van der Waals surface area (Å²) in [6, 6.07) is 11.7. The van der Waals surface area contributed by atoms with Crippen molar-refractivity contribution in [2.45, 2.75) is 31.6 Å². The highest BCUT2D eigenvalue weighted by atomic mass is 19.1. The first kappa shape index (κ1) is 21.2. The third-order valence-electron chi connectivity index (χ3n) is 5.70. The fraction of sp³-hybridized carbons (Fsp3) is 0.435. The predicted molar refractivity (Wildman–Crippen MR) is 112 cm³/mol. The Morgan fingerprint density at radius 3 is 2.52 bits per heavy atom.